The molecule has 3 N–H and O–H groups in total. The van der Waals surface area contributed by atoms with Crippen molar-refractivity contribution in [1.82, 2.24) is 5.32 Å². The van der Waals surface area contributed by atoms with Gasteiger partial charge in [0.2, 0.25) is 0 Å². The Balaban J connectivity index is 1.94. The second kappa shape index (κ2) is 5.46. The van der Waals surface area contributed by atoms with Crippen LogP contribution in [0.5, 0.6) is 0 Å². The molecule has 1 fully saturated rings. The van der Waals surface area contributed by atoms with Gasteiger partial charge < -0.3 is 11.1 Å². The minimum absolute atomic E-state index is 0.429. The van der Waals surface area contributed by atoms with Crippen molar-refractivity contribution in [2.75, 3.05) is 6.54 Å². The first-order valence-electron chi connectivity index (χ1n) is 6.32. The summed E-state index contributed by atoms with van der Waals surface area (Å²) in [5, 5.41) is 3.72. The van der Waals surface area contributed by atoms with Crippen molar-refractivity contribution in [3.63, 3.8) is 0 Å². The van der Waals surface area contributed by atoms with Crippen molar-refractivity contribution >= 4 is 0 Å². The minimum Gasteiger partial charge on any atom is -0.330 e. The molecule has 0 heterocycles. The first kappa shape index (κ1) is 11.6. The first-order valence-corrected chi connectivity index (χ1v) is 6.32. The van der Waals surface area contributed by atoms with Crippen LogP contribution in [0.3, 0.4) is 0 Å². The Bertz CT molecular complexity index is 310. The molecule has 0 saturated heterocycles. The molecular weight excluding hydrogens is 196 g/mol. The molecule has 0 aromatic heterocycles. The van der Waals surface area contributed by atoms with Crippen LogP contribution in [-0.4, -0.2) is 12.6 Å². The number of nitrogens with two attached hydrogens (primary N) is 1. The SMILES string of the molecule is C[C@@H](NC1CCCC1CN)c1ccccc1. The summed E-state index contributed by atoms with van der Waals surface area (Å²) in [6.07, 6.45) is 3.88. The maximum absolute atomic E-state index is 5.80. The van der Waals surface area contributed by atoms with E-state index in [9.17, 15) is 0 Å². The molecule has 88 valence electrons. The predicted octanol–water partition coefficient (Wildman–Crippen LogP) is 2.46. The summed E-state index contributed by atoms with van der Waals surface area (Å²) in [5.74, 6) is 0.672. The molecule has 1 aromatic rings. The van der Waals surface area contributed by atoms with E-state index in [0.29, 0.717) is 18.0 Å². The number of nitrogens with one attached hydrogen (secondary N) is 1. The lowest BCUT2D eigenvalue weighted by atomic mass is 10.0. The van der Waals surface area contributed by atoms with Crippen LogP contribution in [0.1, 0.15) is 37.8 Å². The van der Waals surface area contributed by atoms with Crippen molar-refractivity contribution in [3.05, 3.63) is 35.9 Å². The van der Waals surface area contributed by atoms with Gasteiger partial charge in [-0.15, -0.1) is 0 Å². The highest BCUT2D eigenvalue weighted by Crippen LogP contribution is 2.27. The lowest BCUT2D eigenvalue weighted by Crippen LogP contribution is -2.37. The standard InChI is InChI=1S/C14H22N2/c1-11(12-6-3-2-4-7-12)16-14-9-5-8-13(14)10-15/h2-4,6-7,11,13-14,16H,5,8-10,15H2,1H3/t11-,13?,14?/m1/s1. The minimum atomic E-state index is 0.429. The Labute approximate surface area is 98.2 Å². The number of benzene rings is 1. The maximum atomic E-state index is 5.80. The first-order chi connectivity index (χ1) is 7.81. The Morgan fingerprint density at radius 2 is 2.06 bits per heavy atom. The molecule has 1 aliphatic rings. The number of rotatable bonds is 4. The molecule has 2 nitrogen and oxygen atoms in total. The summed E-state index contributed by atoms with van der Waals surface area (Å²) in [4.78, 5) is 0. The van der Waals surface area contributed by atoms with Crippen LogP contribution in [0, 0.1) is 5.92 Å². The molecule has 0 bridgehead atoms. The molecule has 1 saturated carbocycles. The zero-order valence-corrected chi connectivity index (χ0v) is 10.0. The van der Waals surface area contributed by atoms with Crippen molar-refractivity contribution in [2.45, 2.75) is 38.3 Å². The van der Waals surface area contributed by atoms with Crippen LogP contribution in [0.4, 0.5) is 0 Å². The monoisotopic (exact) mass is 218 g/mol. The summed E-state index contributed by atoms with van der Waals surface area (Å²) in [5.41, 5.74) is 7.16. The average molecular weight is 218 g/mol. The van der Waals surface area contributed by atoms with Crippen LogP contribution in [0.25, 0.3) is 0 Å². The van der Waals surface area contributed by atoms with Gasteiger partial charge in [0.05, 0.1) is 0 Å². The largest absolute Gasteiger partial charge is 0.330 e. The molecule has 0 amide bonds. The topological polar surface area (TPSA) is 38.0 Å². The molecule has 2 heteroatoms. The summed E-state index contributed by atoms with van der Waals surface area (Å²) in [6, 6.07) is 11.7. The fraction of sp³-hybridized carbons (Fsp3) is 0.571. The van der Waals surface area contributed by atoms with Crippen LogP contribution in [-0.2, 0) is 0 Å². The molecule has 0 radical (unpaired) electrons. The van der Waals surface area contributed by atoms with Crippen molar-refractivity contribution in [1.29, 1.82) is 0 Å². The summed E-state index contributed by atoms with van der Waals surface area (Å²) >= 11 is 0. The van der Waals surface area contributed by atoms with Crippen molar-refractivity contribution in [2.24, 2.45) is 11.7 Å². The molecular formula is C14H22N2. The van der Waals surface area contributed by atoms with E-state index in [4.69, 9.17) is 5.73 Å². The second-order valence-electron chi connectivity index (χ2n) is 4.83. The fourth-order valence-corrected chi connectivity index (χ4v) is 2.70. The molecule has 0 spiro atoms. The molecule has 3 atom stereocenters. The molecule has 1 aliphatic carbocycles. The van der Waals surface area contributed by atoms with E-state index in [2.05, 4.69) is 42.6 Å². The Morgan fingerprint density at radius 1 is 1.31 bits per heavy atom. The van der Waals surface area contributed by atoms with Gasteiger partial charge in [-0.3, -0.25) is 0 Å². The molecule has 1 aromatic carbocycles. The Kier molecular flexibility index (Phi) is 3.97. The predicted molar refractivity (Wildman–Crippen MR) is 68.2 cm³/mol. The van der Waals surface area contributed by atoms with E-state index in [-0.39, 0.29) is 0 Å². The van der Waals surface area contributed by atoms with Gasteiger partial charge >= 0.3 is 0 Å². The Hall–Kier alpha value is -0.860. The maximum Gasteiger partial charge on any atom is 0.0294 e. The van der Waals surface area contributed by atoms with Crippen LogP contribution in [0.15, 0.2) is 30.3 Å². The van der Waals surface area contributed by atoms with Gasteiger partial charge in [-0.25, -0.2) is 0 Å². The smallest absolute Gasteiger partial charge is 0.0294 e. The average Bonchev–Trinajstić information content (AvgIpc) is 2.77. The quantitative estimate of drug-likeness (QED) is 0.814. The number of hydrogen-bond acceptors (Lipinski definition) is 2. The second-order valence-corrected chi connectivity index (χ2v) is 4.83. The highest BCUT2D eigenvalue weighted by molar-refractivity contribution is 5.18. The lowest BCUT2D eigenvalue weighted by molar-refractivity contribution is 0.374. The van der Waals surface area contributed by atoms with Crippen LogP contribution in [0.2, 0.25) is 0 Å². The summed E-state index contributed by atoms with van der Waals surface area (Å²) in [7, 11) is 0. The van der Waals surface area contributed by atoms with Gasteiger partial charge in [-0.1, -0.05) is 36.8 Å². The van der Waals surface area contributed by atoms with Gasteiger partial charge in [0.25, 0.3) is 0 Å². The van der Waals surface area contributed by atoms with E-state index < -0.39 is 0 Å². The van der Waals surface area contributed by atoms with Gasteiger partial charge in [0, 0.05) is 12.1 Å². The highest BCUT2D eigenvalue weighted by atomic mass is 15.0. The molecule has 2 rings (SSSR count). The Morgan fingerprint density at radius 3 is 2.75 bits per heavy atom. The normalized spacial score (nSPS) is 26.9. The third-order valence-electron chi connectivity index (χ3n) is 3.73. The summed E-state index contributed by atoms with van der Waals surface area (Å²) < 4.78 is 0. The van der Waals surface area contributed by atoms with E-state index >= 15 is 0 Å². The van der Waals surface area contributed by atoms with Gasteiger partial charge in [0.1, 0.15) is 0 Å². The summed E-state index contributed by atoms with van der Waals surface area (Å²) in [6.45, 7) is 3.06. The van der Waals surface area contributed by atoms with Crippen molar-refractivity contribution in [3.8, 4) is 0 Å². The molecule has 2 unspecified atom stereocenters. The van der Waals surface area contributed by atoms with Crippen LogP contribution >= 0.6 is 0 Å². The van der Waals surface area contributed by atoms with Gasteiger partial charge in [-0.2, -0.15) is 0 Å². The highest BCUT2D eigenvalue weighted by Gasteiger charge is 2.26. The zero-order chi connectivity index (χ0) is 11.4. The molecule has 16 heavy (non-hydrogen) atoms. The third kappa shape index (κ3) is 2.63. The zero-order valence-electron chi connectivity index (χ0n) is 10.0. The van der Waals surface area contributed by atoms with E-state index in [1.807, 2.05) is 0 Å². The fourth-order valence-electron chi connectivity index (χ4n) is 2.70. The van der Waals surface area contributed by atoms with Crippen LogP contribution < -0.4 is 11.1 Å². The van der Waals surface area contributed by atoms with Gasteiger partial charge in [-0.05, 0) is 37.8 Å². The molecule has 0 aliphatic heterocycles. The van der Waals surface area contributed by atoms with E-state index in [1.54, 1.807) is 0 Å². The van der Waals surface area contributed by atoms with E-state index in [0.717, 1.165) is 6.54 Å². The third-order valence-corrected chi connectivity index (χ3v) is 3.73. The number of hydrogen-bond donors (Lipinski definition) is 2. The van der Waals surface area contributed by atoms with Crippen molar-refractivity contribution < 1.29 is 0 Å². The van der Waals surface area contributed by atoms with E-state index in [1.165, 1.54) is 24.8 Å². The van der Waals surface area contributed by atoms with Gasteiger partial charge in [0.15, 0.2) is 0 Å². The lowest BCUT2D eigenvalue weighted by Gasteiger charge is -2.24.